The van der Waals surface area contributed by atoms with Gasteiger partial charge in [-0.25, -0.2) is 0 Å². The van der Waals surface area contributed by atoms with Crippen LogP contribution in [0.25, 0.3) is 0 Å². The predicted octanol–water partition coefficient (Wildman–Crippen LogP) is 4.42. The van der Waals surface area contributed by atoms with Crippen molar-refractivity contribution in [2.75, 3.05) is 0 Å². The zero-order chi connectivity index (χ0) is 9.72. The Morgan fingerprint density at radius 3 is 1.17 bits per heavy atom. The van der Waals surface area contributed by atoms with E-state index in [1.54, 1.807) is 11.1 Å². The summed E-state index contributed by atoms with van der Waals surface area (Å²) in [7, 11) is 0. The molecule has 0 aliphatic rings. The predicted molar refractivity (Wildman–Crippen MR) is 57.3 cm³/mol. The van der Waals surface area contributed by atoms with E-state index in [2.05, 4.69) is 41.5 Å². The minimum atomic E-state index is 0.798. The van der Waals surface area contributed by atoms with Gasteiger partial charge in [-0.15, -0.1) is 0 Å². The summed E-state index contributed by atoms with van der Waals surface area (Å²) in [5.41, 5.74) is 3.19. The molecule has 0 aliphatic heterocycles. The molecule has 0 rings (SSSR count). The fourth-order valence-corrected chi connectivity index (χ4v) is 1.57. The number of allylic oxidation sites excluding steroid dienone is 2. The standard InChI is InChI=1S/C12H24/c1-9(2)7-11(5)12(6)8-10(3)4/h9-10H,7-8H2,1-6H3/b12-11+. The Kier molecular flexibility index (Phi) is 5.28. The zero-order valence-corrected chi connectivity index (χ0v) is 9.57. The summed E-state index contributed by atoms with van der Waals surface area (Å²) in [6.45, 7) is 13.7. The first kappa shape index (κ1) is 11.7. The monoisotopic (exact) mass is 168 g/mol. The quantitative estimate of drug-likeness (QED) is 0.545. The van der Waals surface area contributed by atoms with Crippen molar-refractivity contribution in [1.82, 2.24) is 0 Å². The Morgan fingerprint density at radius 2 is 1.00 bits per heavy atom. The van der Waals surface area contributed by atoms with Gasteiger partial charge in [0.2, 0.25) is 0 Å². The second kappa shape index (κ2) is 5.40. The van der Waals surface area contributed by atoms with Crippen molar-refractivity contribution in [3.05, 3.63) is 11.1 Å². The van der Waals surface area contributed by atoms with Crippen molar-refractivity contribution in [1.29, 1.82) is 0 Å². The van der Waals surface area contributed by atoms with Crippen LogP contribution in [0.1, 0.15) is 54.4 Å². The van der Waals surface area contributed by atoms with Crippen LogP contribution in [0.4, 0.5) is 0 Å². The summed E-state index contributed by atoms with van der Waals surface area (Å²) < 4.78 is 0. The summed E-state index contributed by atoms with van der Waals surface area (Å²) >= 11 is 0. The molecule has 0 aromatic carbocycles. The van der Waals surface area contributed by atoms with E-state index in [0.29, 0.717) is 0 Å². The van der Waals surface area contributed by atoms with Gasteiger partial charge in [0.25, 0.3) is 0 Å². The fraction of sp³-hybridized carbons (Fsp3) is 0.833. The molecule has 0 aromatic heterocycles. The van der Waals surface area contributed by atoms with E-state index in [1.807, 2.05) is 0 Å². The van der Waals surface area contributed by atoms with Gasteiger partial charge in [0.1, 0.15) is 0 Å². The number of rotatable bonds is 4. The average molecular weight is 168 g/mol. The van der Waals surface area contributed by atoms with E-state index in [4.69, 9.17) is 0 Å². The van der Waals surface area contributed by atoms with Crippen LogP contribution in [0.5, 0.6) is 0 Å². The van der Waals surface area contributed by atoms with Gasteiger partial charge in [0.15, 0.2) is 0 Å². The molecule has 0 nitrogen and oxygen atoms in total. The lowest BCUT2D eigenvalue weighted by Gasteiger charge is -2.11. The van der Waals surface area contributed by atoms with Gasteiger partial charge in [0.05, 0.1) is 0 Å². The maximum atomic E-state index is 2.28. The molecule has 12 heavy (non-hydrogen) atoms. The maximum absolute atomic E-state index is 2.28. The molecule has 0 radical (unpaired) electrons. The average Bonchev–Trinajstić information content (AvgIpc) is 1.84. The molecule has 0 saturated carbocycles. The molecule has 0 heteroatoms. The van der Waals surface area contributed by atoms with Crippen molar-refractivity contribution in [3.8, 4) is 0 Å². The molecule has 0 fully saturated rings. The summed E-state index contributed by atoms with van der Waals surface area (Å²) in [6.07, 6.45) is 2.52. The third-order valence-electron chi connectivity index (χ3n) is 2.16. The molecule has 0 unspecified atom stereocenters. The summed E-state index contributed by atoms with van der Waals surface area (Å²) in [5.74, 6) is 1.60. The van der Waals surface area contributed by atoms with Crippen LogP contribution in [0.3, 0.4) is 0 Å². The van der Waals surface area contributed by atoms with Crippen molar-refractivity contribution in [3.63, 3.8) is 0 Å². The van der Waals surface area contributed by atoms with E-state index >= 15 is 0 Å². The van der Waals surface area contributed by atoms with Gasteiger partial charge in [0, 0.05) is 0 Å². The zero-order valence-electron chi connectivity index (χ0n) is 9.57. The smallest absolute Gasteiger partial charge is 0.0297 e. The lowest BCUT2D eigenvalue weighted by Crippen LogP contribution is -1.95. The minimum Gasteiger partial charge on any atom is -0.0741 e. The first-order chi connectivity index (χ1) is 5.43. The highest BCUT2D eigenvalue weighted by Gasteiger charge is 2.02. The van der Waals surface area contributed by atoms with Crippen molar-refractivity contribution in [2.24, 2.45) is 11.8 Å². The van der Waals surface area contributed by atoms with Crippen LogP contribution >= 0.6 is 0 Å². The van der Waals surface area contributed by atoms with E-state index in [-0.39, 0.29) is 0 Å². The summed E-state index contributed by atoms with van der Waals surface area (Å²) in [4.78, 5) is 0. The first-order valence-electron chi connectivity index (χ1n) is 5.08. The lowest BCUT2D eigenvalue weighted by atomic mass is 9.95. The van der Waals surface area contributed by atoms with Crippen LogP contribution in [-0.2, 0) is 0 Å². The van der Waals surface area contributed by atoms with Crippen LogP contribution < -0.4 is 0 Å². The Labute approximate surface area is 78.1 Å². The SMILES string of the molecule is C/C(CC(C)C)=C(/C)CC(C)C. The molecule has 0 bridgehead atoms. The van der Waals surface area contributed by atoms with E-state index in [9.17, 15) is 0 Å². The molecular formula is C12H24. The van der Waals surface area contributed by atoms with Crippen LogP contribution in [-0.4, -0.2) is 0 Å². The van der Waals surface area contributed by atoms with Gasteiger partial charge in [-0.05, 0) is 38.5 Å². The highest BCUT2D eigenvalue weighted by Crippen LogP contribution is 2.19. The Hall–Kier alpha value is -0.260. The van der Waals surface area contributed by atoms with E-state index in [0.717, 1.165) is 11.8 Å². The molecule has 0 spiro atoms. The largest absolute Gasteiger partial charge is 0.0741 e. The summed E-state index contributed by atoms with van der Waals surface area (Å²) in [5, 5.41) is 0. The third-order valence-corrected chi connectivity index (χ3v) is 2.16. The summed E-state index contributed by atoms with van der Waals surface area (Å²) in [6, 6.07) is 0. The van der Waals surface area contributed by atoms with Crippen LogP contribution in [0.2, 0.25) is 0 Å². The molecular weight excluding hydrogens is 144 g/mol. The normalized spacial score (nSPS) is 14.0. The van der Waals surface area contributed by atoms with Gasteiger partial charge in [-0.3, -0.25) is 0 Å². The Bertz CT molecular complexity index is 131. The Morgan fingerprint density at radius 1 is 0.750 bits per heavy atom. The highest BCUT2D eigenvalue weighted by atomic mass is 14.1. The Balaban J connectivity index is 4.06. The molecule has 0 aromatic rings. The molecule has 0 amide bonds. The third kappa shape index (κ3) is 5.40. The minimum absolute atomic E-state index is 0.798. The van der Waals surface area contributed by atoms with Gasteiger partial charge < -0.3 is 0 Å². The van der Waals surface area contributed by atoms with Crippen LogP contribution in [0.15, 0.2) is 11.1 Å². The van der Waals surface area contributed by atoms with Crippen LogP contribution in [0, 0.1) is 11.8 Å². The molecule has 0 aliphatic carbocycles. The molecule has 0 N–H and O–H groups in total. The number of hydrogen-bond donors (Lipinski definition) is 0. The number of hydrogen-bond acceptors (Lipinski definition) is 0. The second-order valence-electron chi connectivity index (χ2n) is 4.76. The lowest BCUT2D eigenvalue weighted by molar-refractivity contribution is 0.608. The van der Waals surface area contributed by atoms with E-state index in [1.165, 1.54) is 12.8 Å². The van der Waals surface area contributed by atoms with Crippen molar-refractivity contribution >= 4 is 0 Å². The highest BCUT2D eigenvalue weighted by molar-refractivity contribution is 5.10. The molecule has 0 heterocycles. The molecule has 0 atom stereocenters. The first-order valence-corrected chi connectivity index (χ1v) is 5.08. The topological polar surface area (TPSA) is 0 Å². The van der Waals surface area contributed by atoms with Crippen molar-refractivity contribution < 1.29 is 0 Å². The van der Waals surface area contributed by atoms with Gasteiger partial charge in [-0.2, -0.15) is 0 Å². The van der Waals surface area contributed by atoms with Gasteiger partial charge >= 0.3 is 0 Å². The van der Waals surface area contributed by atoms with E-state index < -0.39 is 0 Å². The molecule has 0 saturated heterocycles. The van der Waals surface area contributed by atoms with Gasteiger partial charge in [-0.1, -0.05) is 38.8 Å². The van der Waals surface area contributed by atoms with Crippen molar-refractivity contribution in [2.45, 2.75) is 54.4 Å². The molecule has 72 valence electrons. The second-order valence-corrected chi connectivity index (χ2v) is 4.76. The maximum Gasteiger partial charge on any atom is -0.0297 e. The fourth-order valence-electron chi connectivity index (χ4n) is 1.57.